The molecule has 1 aliphatic rings. The zero-order valence-electron chi connectivity index (χ0n) is 21.0. The molecule has 3 rings (SSSR count). The van der Waals surface area contributed by atoms with E-state index in [1.54, 1.807) is 48.5 Å². The van der Waals surface area contributed by atoms with Crippen molar-refractivity contribution in [3.05, 3.63) is 71.8 Å². The lowest BCUT2D eigenvalue weighted by molar-refractivity contribution is -0.140. The largest absolute Gasteiger partial charge is 0.507 e. The van der Waals surface area contributed by atoms with Gasteiger partial charge in [-0.1, -0.05) is 25.6 Å². The third-order valence-electron chi connectivity index (χ3n) is 5.62. The molecule has 192 valence electrons. The number of amides is 1. The average Bonchev–Trinajstić information content (AvgIpc) is 3.15. The Morgan fingerprint density at radius 3 is 2.42 bits per heavy atom. The molecule has 1 saturated heterocycles. The molecule has 1 amide bonds. The number of aliphatic hydroxyl groups is 1. The van der Waals surface area contributed by atoms with Crippen LogP contribution in [0.5, 0.6) is 17.2 Å². The minimum Gasteiger partial charge on any atom is -0.507 e. The molecule has 1 aliphatic heterocycles. The number of nitrogens with zero attached hydrogens (tertiary/aromatic N) is 1. The van der Waals surface area contributed by atoms with Crippen molar-refractivity contribution in [3.63, 3.8) is 0 Å². The van der Waals surface area contributed by atoms with E-state index in [0.29, 0.717) is 48.2 Å². The molecule has 0 aromatic heterocycles. The fraction of sp³-hybridized carbons (Fsp3) is 0.357. The molecule has 36 heavy (non-hydrogen) atoms. The van der Waals surface area contributed by atoms with E-state index in [4.69, 9.17) is 18.9 Å². The summed E-state index contributed by atoms with van der Waals surface area (Å²) >= 11 is 0. The zero-order chi connectivity index (χ0) is 26.1. The van der Waals surface area contributed by atoms with Gasteiger partial charge in [-0.2, -0.15) is 0 Å². The Labute approximate surface area is 211 Å². The van der Waals surface area contributed by atoms with Crippen LogP contribution in [-0.4, -0.2) is 61.8 Å². The lowest BCUT2D eigenvalue weighted by Gasteiger charge is -2.26. The Bertz CT molecular complexity index is 1110. The lowest BCUT2D eigenvalue weighted by atomic mass is 9.95. The molecule has 2 aromatic rings. The number of rotatable bonds is 13. The third kappa shape index (κ3) is 5.88. The van der Waals surface area contributed by atoms with Crippen molar-refractivity contribution in [3.8, 4) is 17.2 Å². The van der Waals surface area contributed by atoms with Crippen LogP contribution >= 0.6 is 0 Å². The van der Waals surface area contributed by atoms with E-state index in [1.165, 1.54) is 12.0 Å². The zero-order valence-corrected chi connectivity index (χ0v) is 21.0. The normalized spacial score (nSPS) is 16.8. The molecule has 1 heterocycles. The van der Waals surface area contributed by atoms with E-state index in [2.05, 4.69) is 6.58 Å². The summed E-state index contributed by atoms with van der Waals surface area (Å²) < 4.78 is 22.2. The summed E-state index contributed by atoms with van der Waals surface area (Å²) in [5.74, 6) is -0.0906. The molecule has 0 radical (unpaired) electrons. The van der Waals surface area contributed by atoms with Crippen molar-refractivity contribution in [1.82, 2.24) is 4.90 Å². The van der Waals surface area contributed by atoms with Crippen LogP contribution in [-0.2, 0) is 14.3 Å². The summed E-state index contributed by atoms with van der Waals surface area (Å²) in [7, 11) is 1.52. The summed E-state index contributed by atoms with van der Waals surface area (Å²) in [4.78, 5) is 27.6. The Hall–Kier alpha value is -3.78. The summed E-state index contributed by atoms with van der Waals surface area (Å²) in [6.45, 7) is 9.19. The quantitative estimate of drug-likeness (QED) is 0.189. The number of Topliss-reactive ketones (excluding diaryl/α,β-unsaturated/α-hetero) is 1. The second kappa shape index (κ2) is 12.8. The number of carbonyl (C=O) groups excluding carboxylic acids is 2. The third-order valence-corrected chi connectivity index (χ3v) is 5.62. The molecular weight excluding hydrogens is 462 g/mol. The number of aliphatic hydroxyl groups excluding tert-OH is 1. The van der Waals surface area contributed by atoms with Gasteiger partial charge in [0.05, 0.1) is 31.4 Å². The van der Waals surface area contributed by atoms with Gasteiger partial charge in [-0.25, -0.2) is 0 Å². The van der Waals surface area contributed by atoms with E-state index >= 15 is 0 Å². The molecule has 8 nitrogen and oxygen atoms in total. The van der Waals surface area contributed by atoms with Gasteiger partial charge < -0.3 is 29.0 Å². The molecule has 0 spiro atoms. The van der Waals surface area contributed by atoms with Crippen molar-refractivity contribution >= 4 is 17.4 Å². The van der Waals surface area contributed by atoms with Gasteiger partial charge in [0, 0.05) is 19.2 Å². The molecule has 1 N–H and O–H groups in total. The van der Waals surface area contributed by atoms with Crippen LogP contribution < -0.4 is 14.2 Å². The Morgan fingerprint density at radius 1 is 1.03 bits per heavy atom. The average molecular weight is 496 g/mol. The predicted octanol–water partition coefficient (Wildman–Crippen LogP) is 4.51. The molecule has 2 aromatic carbocycles. The van der Waals surface area contributed by atoms with Gasteiger partial charge in [0.1, 0.15) is 18.1 Å². The fourth-order valence-corrected chi connectivity index (χ4v) is 3.96. The van der Waals surface area contributed by atoms with Crippen molar-refractivity contribution < 1.29 is 33.6 Å². The van der Waals surface area contributed by atoms with Crippen molar-refractivity contribution in [2.24, 2.45) is 0 Å². The number of ketones is 1. The first-order valence-electron chi connectivity index (χ1n) is 12.0. The predicted molar refractivity (Wildman–Crippen MR) is 136 cm³/mol. The number of ether oxygens (including phenoxy) is 4. The fourth-order valence-electron chi connectivity index (χ4n) is 3.96. The second-order valence-electron chi connectivity index (χ2n) is 8.10. The number of likely N-dealkylation sites (tertiary alicyclic amines) is 1. The summed E-state index contributed by atoms with van der Waals surface area (Å²) in [6.07, 6.45) is 2.50. The molecule has 0 bridgehead atoms. The van der Waals surface area contributed by atoms with Gasteiger partial charge in [-0.3, -0.25) is 9.59 Å². The van der Waals surface area contributed by atoms with E-state index in [0.717, 1.165) is 6.42 Å². The smallest absolute Gasteiger partial charge is 0.295 e. The van der Waals surface area contributed by atoms with Gasteiger partial charge in [0.2, 0.25) is 0 Å². The molecule has 1 unspecified atom stereocenters. The highest BCUT2D eigenvalue weighted by atomic mass is 16.5. The monoisotopic (exact) mass is 495 g/mol. The molecule has 0 saturated carbocycles. The van der Waals surface area contributed by atoms with E-state index in [-0.39, 0.29) is 24.5 Å². The highest BCUT2D eigenvalue weighted by molar-refractivity contribution is 6.46. The number of carbonyl (C=O) groups is 2. The van der Waals surface area contributed by atoms with Crippen LogP contribution in [0.15, 0.2) is 60.7 Å². The maximum atomic E-state index is 13.2. The lowest BCUT2D eigenvalue weighted by Crippen LogP contribution is -2.32. The Balaban J connectivity index is 2.10. The van der Waals surface area contributed by atoms with Gasteiger partial charge >= 0.3 is 0 Å². The highest BCUT2D eigenvalue weighted by Gasteiger charge is 2.46. The SMILES string of the molecule is C=CCOc1ccc(C2/C(=C(\O)c3ccc(OCCC)cc3)C(=O)C(=O)N2CCOC)cc1OCC. The molecular formula is C28H33NO7. The topological polar surface area (TPSA) is 94.5 Å². The highest BCUT2D eigenvalue weighted by Crippen LogP contribution is 2.42. The number of hydrogen-bond donors (Lipinski definition) is 1. The van der Waals surface area contributed by atoms with Crippen molar-refractivity contribution in [2.45, 2.75) is 26.3 Å². The van der Waals surface area contributed by atoms with E-state index in [9.17, 15) is 14.7 Å². The van der Waals surface area contributed by atoms with Crippen LogP contribution in [0.4, 0.5) is 0 Å². The minimum absolute atomic E-state index is 0.000498. The Morgan fingerprint density at radius 2 is 1.78 bits per heavy atom. The van der Waals surface area contributed by atoms with Gasteiger partial charge in [-0.05, 0) is 55.3 Å². The van der Waals surface area contributed by atoms with Crippen molar-refractivity contribution in [1.29, 1.82) is 0 Å². The summed E-state index contributed by atoms with van der Waals surface area (Å²) in [6, 6.07) is 11.2. The minimum atomic E-state index is -0.830. The molecule has 8 heteroatoms. The Kier molecular flexibility index (Phi) is 9.53. The van der Waals surface area contributed by atoms with Gasteiger partial charge in [-0.15, -0.1) is 0 Å². The van der Waals surface area contributed by atoms with E-state index < -0.39 is 17.7 Å². The number of benzene rings is 2. The van der Waals surface area contributed by atoms with E-state index in [1.807, 2.05) is 13.8 Å². The maximum absolute atomic E-state index is 13.2. The first-order chi connectivity index (χ1) is 17.5. The van der Waals surface area contributed by atoms with Crippen molar-refractivity contribution in [2.75, 3.05) is 40.1 Å². The molecule has 0 aliphatic carbocycles. The number of hydrogen-bond acceptors (Lipinski definition) is 7. The maximum Gasteiger partial charge on any atom is 0.295 e. The standard InChI is InChI=1S/C28H33NO7/c1-5-15-35-21-11-8-19(9-12-21)26(30)24-25(29(14-17-33-4)28(32)27(24)31)20-10-13-22(36-16-6-2)23(18-20)34-7-3/h6,8-13,18,25,30H,2,5,7,14-17H2,1,3-4H3/b26-24+. The van der Waals surface area contributed by atoms with Gasteiger partial charge in [0.25, 0.3) is 11.7 Å². The van der Waals surface area contributed by atoms with Crippen LogP contribution in [0, 0.1) is 0 Å². The van der Waals surface area contributed by atoms with Crippen LogP contribution in [0.1, 0.15) is 37.4 Å². The first kappa shape index (κ1) is 26.8. The molecule has 1 fully saturated rings. The second-order valence-corrected chi connectivity index (χ2v) is 8.10. The van der Waals surface area contributed by atoms with Gasteiger partial charge in [0.15, 0.2) is 11.5 Å². The summed E-state index contributed by atoms with van der Waals surface area (Å²) in [5, 5.41) is 11.2. The number of methoxy groups -OCH3 is 1. The van der Waals surface area contributed by atoms with Crippen LogP contribution in [0.3, 0.4) is 0 Å². The van der Waals surface area contributed by atoms with Crippen LogP contribution in [0.2, 0.25) is 0 Å². The van der Waals surface area contributed by atoms with Crippen LogP contribution in [0.25, 0.3) is 5.76 Å². The first-order valence-corrected chi connectivity index (χ1v) is 12.0. The molecule has 1 atom stereocenters. The summed E-state index contributed by atoms with van der Waals surface area (Å²) in [5.41, 5.74) is 1.01.